The summed E-state index contributed by atoms with van der Waals surface area (Å²) in [4.78, 5) is 17.0. The number of Topliss-reactive ketones (excluding diaryl/α,β-unsaturated/α-hetero) is 1. The highest BCUT2D eigenvalue weighted by atomic mass is 79.9. The van der Waals surface area contributed by atoms with Crippen LogP contribution in [0.4, 0.5) is 4.39 Å². The average molecular weight is 410 g/mol. The van der Waals surface area contributed by atoms with Gasteiger partial charge in [0.2, 0.25) is 5.78 Å². The van der Waals surface area contributed by atoms with Crippen LogP contribution in [0.2, 0.25) is 0 Å². The molecule has 0 radical (unpaired) electrons. The fourth-order valence-corrected chi connectivity index (χ4v) is 2.51. The zero-order valence-corrected chi connectivity index (χ0v) is 16.3. The van der Waals surface area contributed by atoms with Gasteiger partial charge in [-0.2, -0.15) is 5.26 Å². The van der Waals surface area contributed by atoms with Crippen LogP contribution < -0.4 is 4.74 Å². The Bertz CT molecular complexity index is 806. The van der Waals surface area contributed by atoms with E-state index in [1.807, 2.05) is 19.9 Å². The van der Waals surface area contributed by atoms with E-state index in [1.54, 1.807) is 37.2 Å². The molecule has 0 aliphatic carbocycles. The van der Waals surface area contributed by atoms with Gasteiger partial charge in [-0.25, -0.2) is 4.39 Å². The molecule has 7 heteroatoms. The molecule has 134 valence electrons. The topological polar surface area (TPSA) is 69.1 Å². The summed E-state index contributed by atoms with van der Waals surface area (Å²) in [6.45, 7) is 3.38. The minimum absolute atomic E-state index is 0.0366. The van der Waals surface area contributed by atoms with Gasteiger partial charge in [-0.05, 0) is 34.1 Å². The summed E-state index contributed by atoms with van der Waals surface area (Å²) in [5.74, 6) is 0.109. The molecule has 0 fully saturated rings. The predicted molar refractivity (Wildman–Crippen MR) is 101 cm³/mol. The first kappa shape index (κ1) is 20.7. The molecular formula is C18H21BrFN3O2. The van der Waals surface area contributed by atoms with Crippen molar-refractivity contribution >= 4 is 32.6 Å². The summed E-state index contributed by atoms with van der Waals surface area (Å²) in [5, 5.41) is 9.87. The third-order valence-corrected chi connectivity index (χ3v) is 3.62. The number of nitriles is 1. The maximum Gasteiger partial charge on any atom is 0.221 e. The van der Waals surface area contributed by atoms with Crippen LogP contribution in [0, 0.1) is 11.3 Å². The van der Waals surface area contributed by atoms with E-state index in [1.165, 1.54) is 6.20 Å². The van der Waals surface area contributed by atoms with Crippen molar-refractivity contribution in [2.45, 2.75) is 13.8 Å². The molecule has 0 amide bonds. The maximum atomic E-state index is 12.4. The summed E-state index contributed by atoms with van der Waals surface area (Å²) >= 11 is 3.35. The van der Waals surface area contributed by atoms with Crippen LogP contribution >= 0.6 is 15.9 Å². The van der Waals surface area contributed by atoms with Crippen LogP contribution in [0.25, 0.3) is 10.9 Å². The Morgan fingerprint density at radius 3 is 2.64 bits per heavy atom. The number of ketones is 1. The molecule has 1 aromatic carbocycles. The molecule has 5 nitrogen and oxygen atoms in total. The number of aromatic amines is 1. The third-order valence-electron chi connectivity index (χ3n) is 3.00. The summed E-state index contributed by atoms with van der Waals surface area (Å²) < 4.78 is 18.2. The van der Waals surface area contributed by atoms with E-state index >= 15 is 0 Å². The second-order valence-electron chi connectivity index (χ2n) is 5.04. The highest BCUT2D eigenvalue weighted by Crippen LogP contribution is 2.31. The lowest BCUT2D eigenvalue weighted by Gasteiger charge is -2.05. The summed E-state index contributed by atoms with van der Waals surface area (Å²) in [7, 11) is 3.48. The molecule has 0 aliphatic rings. The fourth-order valence-electron chi connectivity index (χ4n) is 2.06. The van der Waals surface area contributed by atoms with E-state index in [2.05, 4.69) is 20.9 Å². The SMILES string of the molecule is CC.CN(C)/C=C(\C#N)C(=O)c1cc2cc(OCCF)c(Br)cc2[nH]1. The van der Waals surface area contributed by atoms with Gasteiger partial charge in [0.15, 0.2) is 0 Å². The lowest BCUT2D eigenvalue weighted by atomic mass is 10.1. The molecule has 0 atom stereocenters. The van der Waals surface area contributed by atoms with Crippen LogP contribution in [0.1, 0.15) is 24.3 Å². The Balaban J connectivity index is 0.00000151. The number of benzene rings is 1. The zero-order chi connectivity index (χ0) is 19.0. The third kappa shape index (κ3) is 5.33. The Kier molecular flexibility index (Phi) is 8.16. The minimum Gasteiger partial charge on any atom is -0.490 e. The Morgan fingerprint density at radius 1 is 1.40 bits per heavy atom. The lowest BCUT2D eigenvalue weighted by Crippen LogP contribution is -2.09. The van der Waals surface area contributed by atoms with Gasteiger partial charge in [0.25, 0.3) is 0 Å². The van der Waals surface area contributed by atoms with Gasteiger partial charge in [-0.1, -0.05) is 13.8 Å². The zero-order valence-electron chi connectivity index (χ0n) is 14.7. The van der Waals surface area contributed by atoms with Gasteiger partial charge < -0.3 is 14.6 Å². The predicted octanol–water partition coefficient (Wildman–Crippen LogP) is 4.46. The number of alkyl halides is 1. The van der Waals surface area contributed by atoms with Gasteiger partial charge in [-0.15, -0.1) is 0 Å². The van der Waals surface area contributed by atoms with Crippen LogP contribution in [0.3, 0.4) is 0 Å². The van der Waals surface area contributed by atoms with Crippen molar-refractivity contribution in [2.24, 2.45) is 0 Å². The molecule has 2 aromatic rings. The van der Waals surface area contributed by atoms with Crippen LogP contribution in [0.15, 0.2) is 34.4 Å². The van der Waals surface area contributed by atoms with E-state index in [0.717, 1.165) is 10.9 Å². The smallest absolute Gasteiger partial charge is 0.221 e. The number of carbonyl (C=O) groups is 1. The van der Waals surface area contributed by atoms with E-state index in [0.29, 0.717) is 15.9 Å². The molecule has 2 rings (SSSR count). The first-order chi connectivity index (χ1) is 12.0. The van der Waals surface area contributed by atoms with Crippen LogP contribution in [-0.4, -0.2) is 43.0 Å². The standard InChI is InChI=1S/C16H15BrFN3O2.C2H6/c1-21(2)9-11(8-19)16(22)14-5-10-6-15(23-4-3-18)12(17)7-13(10)20-14;1-2/h5-7,9,20H,3-4H2,1-2H3;1-2H3/b11-9+;. The maximum absolute atomic E-state index is 12.4. The quantitative estimate of drug-likeness (QED) is 0.434. The van der Waals surface area contributed by atoms with E-state index in [-0.39, 0.29) is 18.0 Å². The highest BCUT2D eigenvalue weighted by Gasteiger charge is 2.16. The first-order valence-electron chi connectivity index (χ1n) is 7.80. The highest BCUT2D eigenvalue weighted by molar-refractivity contribution is 9.10. The fraction of sp³-hybridized carbons (Fsp3) is 0.333. The van der Waals surface area contributed by atoms with Crippen molar-refractivity contribution in [1.82, 2.24) is 9.88 Å². The van der Waals surface area contributed by atoms with Gasteiger partial charge >= 0.3 is 0 Å². The van der Waals surface area contributed by atoms with Gasteiger partial charge in [-0.3, -0.25) is 4.79 Å². The molecule has 0 aliphatic heterocycles. The van der Waals surface area contributed by atoms with Crippen molar-refractivity contribution in [1.29, 1.82) is 5.26 Å². The van der Waals surface area contributed by atoms with E-state index in [9.17, 15) is 9.18 Å². The number of hydrogen-bond donors (Lipinski definition) is 1. The number of hydrogen-bond acceptors (Lipinski definition) is 4. The Hall–Kier alpha value is -2.33. The molecule has 0 bridgehead atoms. The largest absolute Gasteiger partial charge is 0.490 e. The number of carbonyl (C=O) groups excluding carboxylic acids is 1. The van der Waals surface area contributed by atoms with Crippen molar-refractivity contribution < 1.29 is 13.9 Å². The minimum atomic E-state index is -0.581. The molecule has 0 saturated heterocycles. The normalized spacial score (nSPS) is 10.7. The van der Waals surface area contributed by atoms with E-state index < -0.39 is 6.67 Å². The number of halogens is 2. The number of H-pyrrole nitrogens is 1. The summed E-state index contributed by atoms with van der Waals surface area (Å²) in [5.41, 5.74) is 1.06. The monoisotopic (exact) mass is 409 g/mol. The van der Waals surface area contributed by atoms with Crippen LogP contribution in [0.5, 0.6) is 5.75 Å². The second kappa shape index (κ2) is 9.84. The number of rotatable bonds is 6. The van der Waals surface area contributed by atoms with Crippen molar-refractivity contribution in [2.75, 3.05) is 27.4 Å². The van der Waals surface area contributed by atoms with Crippen molar-refractivity contribution in [3.63, 3.8) is 0 Å². The lowest BCUT2D eigenvalue weighted by molar-refractivity contribution is 0.103. The Morgan fingerprint density at radius 2 is 2.08 bits per heavy atom. The van der Waals surface area contributed by atoms with Gasteiger partial charge in [0.05, 0.1) is 10.2 Å². The Labute approximate surface area is 155 Å². The summed E-state index contributed by atoms with van der Waals surface area (Å²) in [6.07, 6.45) is 1.47. The number of ether oxygens (including phenoxy) is 1. The van der Waals surface area contributed by atoms with Gasteiger partial charge in [0, 0.05) is 31.2 Å². The van der Waals surface area contributed by atoms with Crippen molar-refractivity contribution in [3.8, 4) is 11.8 Å². The summed E-state index contributed by atoms with van der Waals surface area (Å²) in [6, 6.07) is 7.01. The molecule has 0 saturated carbocycles. The number of fused-ring (bicyclic) bond motifs is 1. The molecular weight excluding hydrogens is 389 g/mol. The second-order valence-corrected chi connectivity index (χ2v) is 5.89. The number of nitrogens with zero attached hydrogens (tertiary/aromatic N) is 2. The average Bonchev–Trinajstić information content (AvgIpc) is 3.01. The molecule has 0 unspecified atom stereocenters. The molecule has 25 heavy (non-hydrogen) atoms. The molecule has 0 spiro atoms. The molecule has 1 N–H and O–H groups in total. The van der Waals surface area contributed by atoms with Crippen molar-refractivity contribution in [3.05, 3.63) is 40.1 Å². The van der Waals surface area contributed by atoms with E-state index in [4.69, 9.17) is 10.00 Å². The van der Waals surface area contributed by atoms with Crippen LogP contribution in [-0.2, 0) is 0 Å². The van der Waals surface area contributed by atoms with Gasteiger partial charge in [0.1, 0.15) is 30.7 Å². The number of aromatic nitrogens is 1. The first-order valence-corrected chi connectivity index (χ1v) is 8.59. The number of allylic oxidation sites excluding steroid dienone is 1. The molecule has 1 heterocycles. The number of nitrogens with one attached hydrogen (secondary N) is 1. The molecule has 1 aromatic heterocycles.